The van der Waals surface area contributed by atoms with Crippen LogP contribution in [0.4, 0.5) is 0 Å². The number of hydrogen-bond donors (Lipinski definition) is 1. The first kappa shape index (κ1) is 19.5. The number of H-pyrrole nitrogens is 1. The Morgan fingerprint density at radius 2 is 2.03 bits per heavy atom. The van der Waals surface area contributed by atoms with Crippen LogP contribution in [-0.2, 0) is 4.74 Å². The van der Waals surface area contributed by atoms with Gasteiger partial charge in [-0.05, 0) is 38.5 Å². The molecule has 1 saturated heterocycles. The number of rotatable bonds is 4. The molecule has 10 nitrogen and oxygen atoms in total. The Kier molecular flexibility index (Phi) is 4.79. The van der Waals surface area contributed by atoms with Crippen molar-refractivity contribution in [3.05, 3.63) is 39.8 Å². The molecule has 0 bridgehead atoms. The SMILES string of the molecule is C[C@@H](C1CCOCC1)n1nc(C#N)c2c(=O)[nH]c([C@@H]3CC[C@H]3n3cc(C#N)cn3)nc21. The number of fused-ring (bicyclic) bond motifs is 1. The summed E-state index contributed by atoms with van der Waals surface area (Å²) < 4.78 is 9.00. The van der Waals surface area contributed by atoms with Crippen molar-refractivity contribution in [1.82, 2.24) is 29.5 Å². The van der Waals surface area contributed by atoms with Gasteiger partial charge in [-0.1, -0.05) is 0 Å². The van der Waals surface area contributed by atoms with Crippen molar-refractivity contribution >= 4 is 11.0 Å². The minimum Gasteiger partial charge on any atom is -0.381 e. The summed E-state index contributed by atoms with van der Waals surface area (Å²) in [7, 11) is 0. The fraction of sp³-hybridized carbons (Fsp3) is 0.524. The Morgan fingerprint density at radius 1 is 1.23 bits per heavy atom. The van der Waals surface area contributed by atoms with E-state index in [9.17, 15) is 10.1 Å². The van der Waals surface area contributed by atoms with Gasteiger partial charge in [0.05, 0.1) is 23.8 Å². The van der Waals surface area contributed by atoms with E-state index in [1.54, 1.807) is 21.8 Å². The van der Waals surface area contributed by atoms with E-state index in [2.05, 4.69) is 28.2 Å². The third kappa shape index (κ3) is 3.20. The molecule has 3 aromatic heterocycles. The van der Waals surface area contributed by atoms with Crippen LogP contribution in [0.15, 0.2) is 17.2 Å². The van der Waals surface area contributed by atoms with Gasteiger partial charge in [-0.2, -0.15) is 20.7 Å². The van der Waals surface area contributed by atoms with Gasteiger partial charge in [-0.15, -0.1) is 0 Å². The molecule has 1 aliphatic heterocycles. The van der Waals surface area contributed by atoms with Crippen molar-refractivity contribution in [2.45, 2.75) is 50.6 Å². The highest BCUT2D eigenvalue weighted by Gasteiger charge is 2.37. The number of nitrogens with zero attached hydrogens (tertiary/aromatic N) is 7. The molecule has 0 amide bonds. The normalized spacial score (nSPS) is 22.5. The minimum absolute atomic E-state index is 0.00265. The summed E-state index contributed by atoms with van der Waals surface area (Å²) >= 11 is 0. The van der Waals surface area contributed by atoms with Crippen LogP contribution in [0.5, 0.6) is 0 Å². The molecule has 0 radical (unpaired) electrons. The van der Waals surface area contributed by atoms with E-state index in [-0.39, 0.29) is 34.6 Å². The molecule has 1 saturated carbocycles. The number of hydrogen-bond acceptors (Lipinski definition) is 7. The van der Waals surface area contributed by atoms with Gasteiger partial charge in [0.15, 0.2) is 11.3 Å². The molecule has 5 rings (SSSR count). The topological polar surface area (TPSA) is 138 Å². The Morgan fingerprint density at radius 3 is 2.68 bits per heavy atom. The van der Waals surface area contributed by atoms with Crippen molar-refractivity contribution in [3.8, 4) is 12.1 Å². The van der Waals surface area contributed by atoms with E-state index in [0.717, 1.165) is 25.7 Å². The van der Waals surface area contributed by atoms with Gasteiger partial charge in [0, 0.05) is 25.3 Å². The van der Waals surface area contributed by atoms with Crippen LogP contribution in [0.2, 0.25) is 0 Å². The second kappa shape index (κ2) is 7.64. The van der Waals surface area contributed by atoms with E-state index in [0.29, 0.717) is 36.2 Å². The van der Waals surface area contributed by atoms with Crippen molar-refractivity contribution in [2.24, 2.45) is 5.92 Å². The Bertz CT molecular complexity index is 1270. The summed E-state index contributed by atoms with van der Waals surface area (Å²) in [6.07, 6.45) is 6.82. The Balaban J connectivity index is 1.55. The molecule has 158 valence electrons. The lowest BCUT2D eigenvalue weighted by atomic mass is 9.79. The summed E-state index contributed by atoms with van der Waals surface area (Å²) in [4.78, 5) is 20.6. The molecule has 1 N–H and O–H groups in total. The zero-order valence-electron chi connectivity index (χ0n) is 17.2. The molecule has 10 heteroatoms. The molecule has 1 aliphatic carbocycles. The van der Waals surface area contributed by atoms with E-state index < -0.39 is 0 Å². The number of ether oxygens (including phenoxy) is 1. The molecule has 2 aliphatic rings. The lowest BCUT2D eigenvalue weighted by Gasteiger charge is -2.35. The first-order chi connectivity index (χ1) is 15.1. The number of aromatic nitrogens is 6. The standard InChI is InChI=1S/C21H22N8O2/c1-12(14-4-6-31-7-5-14)29-20-18(16(9-23)27-29)21(30)26-19(25-20)15-2-3-17(15)28-11-13(8-22)10-24-28/h10-12,14-15,17H,2-7H2,1H3,(H,25,26,30)/t12-,15+,17+/m0/s1. The predicted molar refractivity (Wildman–Crippen MR) is 109 cm³/mol. The second-order valence-corrected chi connectivity index (χ2v) is 8.32. The number of nitriles is 2. The van der Waals surface area contributed by atoms with Crippen LogP contribution in [0.3, 0.4) is 0 Å². The Hall–Kier alpha value is -3.50. The van der Waals surface area contributed by atoms with Crippen molar-refractivity contribution in [2.75, 3.05) is 13.2 Å². The van der Waals surface area contributed by atoms with Gasteiger partial charge >= 0.3 is 0 Å². The van der Waals surface area contributed by atoms with E-state index >= 15 is 0 Å². The van der Waals surface area contributed by atoms with Crippen molar-refractivity contribution in [1.29, 1.82) is 10.5 Å². The Labute approximate surface area is 178 Å². The maximum Gasteiger partial charge on any atom is 0.263 e. The van der Waals surface area contributed by atoms with Crippen LogP contribution >= 0.6 is 0 Å². The molecule has 0 spiro atoms. The fourth-order valence-corrected chi connectivity index (χ4v) is 4.69. The third-order valence-electron chi connectivity index (χ3n) is 6.68. The lowest BCUT2D eigenvalue weighted by Crippen LogP contribution is -2.31. The molecule has 4 heterocycles. The molecule has 3 atom stereocenters. The van der Waals surface area contributed by atoms with E-state index in [4.69, 9.17) is 15.0 Å². The highest BCUT2D eigenvalue weighted by Crippen LogP contribution is 2.44. The van der Waals surface area contributed by atoms with Crippen molar-refractivity contribution in [3.63, 3.8) is 0 Å². The first-order valence-corrected chi connectivity index (χ1v) is 10.5. The zero-order valence-corrected chi connectivity index (χ0v) is 17.2. The van der Waals surface area contributed by atoms with Crippen LogP contribution in [-0.4, -0.2) is 42.7 Å². The minimum atomic E-state index is -0.342. The summed E-state index contributed by atoms with van der Waals surface area (Å²) in [6, 6.07) is 4.17. The molecule has 0 unspecified atom stereocenters. The molecule has 31 heavy (non-hydrogen) atoms. The molecule has 2 fully saturated rings. The number of nitrogens with one attached hydrogen (secondary N) is 1. The van der Waals surface area contributed by atoms with Crippen LogP contribution < -0.4 is 5.56 Å². The molecular formula is C21H22N8O2. The van der Waals surface area contributed by atoms with Gasteiger partial charge in [0.25, 0.3) is 5.56 Å². The van der Waals surface area contributed by atoms with Gasteiger partial charge in [0.2, 0.25) is 0 Å². The molecule has 3 aromatic rings. The summed E-state index contributed by atoms with van der Waals surface area (Å²) in [5.74, 6) is 0.904. The maximum atomic E-state index is 12.9. The first-order valence-electron chi connectivity index (χ1n) is 10.5. The number of aromatic amines is 1. The predicted octanol–water partition coefficient (Wildman–Crippen LogP) is 2.17. The third-order valence-corrected chi connectivity index (χ3v) is 6.68. The van der Waals surface area contributed by atoms with Gasteiger partial charge < -0.3 is 9.72 Å². The average molecular weight is 418 g/mol. The van der Waals surface area contributed by atoms with Gasteiger partial charge in [-0.3, -0.25) is 9.48 Å². The quantitative estimate of drug-likeness (QED) is 0.685. The summed E-state index contributed by atoms with van der Waals surface area (Å²) in [5.41, 5.74) is 0.721. The van der Waals surface area contributed by atoms with Crippen LogP contribution in [0.25, 0.3) is 11.0 Å². The zero-order chi connectivity index (χ0) is 21.5. The lowest BCUT2D eigenvalue weighted by molar-refractivity contribution is 0.0501. The summed E-state index contributed by atoms with van der Waals surface area (Å²) in [5, 5.41) is 27.6. The maximum absolute atomic E-state index is 12.9. The van der Waals surface area contributed by atoms with Crippen LogP contribution in [0.1, 0.15) is 67.7 Å². The van der Waals surface area contributed by atoms with Crippen LogP contribution in [0, 0.1) is 28.6 Å². The van der Waals surface area contributed by atoms with Crippen molar-refractivity contribution < 1.29 is 4.74 Å². The van der Waals surface area contributed by atoms with Gasteiger partial charge in [-0.25, -0.2) is 9.67 Å². The van der Waals surface area contributed by atoms with Gasteiger partial charge in [0.1, 0.15) is 23.3 Å². The van der Waals surface area contributed by atoms with E-state index in [1.807, 2.05) is 6.07 Å². The second-order valence-electron chi connectivity index (χ2n) is 8.32. The monoisotopic (exact) mass is 418 g/mol. The molecular weight excluding hydrogens is 396 g/mol. The highest BCUT2D eigenvalue weighted by atomic mass is 16.5. The largest absolute Gasteiger partial charge is 0.381 e. The molecule has 0 aromatic carbocycles. The fourth-order valence-electron chi connectivity index (χ4n) is 4.69. The summed E-state index contributed by atoms with van der Waals surface area (Å²) in [6.45, 7) is 3.47. The highest BCUT2D eigenvalue weighted by molar-refractivity contribution is 5.80. The van der Waals surface area contributed by atoms with E-state index in [1.165, 1.54) is 0 Å². The average Bonchev–Trinajstić information content (AvgIpc) is 3.38. The smallest absolute Gasteiger partial charge is 0.263 e.